The van der Waals surface area contributed by atoms with E-state index in [9.17, 15) is 8.42 Å². The first kappa shape index (κ1) is 19.8. The summed E-state index contributed by atoms with van der Waals surface area (Å²) in [5.74, 6) is 1.42. The summed E-state index contributed by atoms with van der Waals surface area (Å²) in [5, 5.41) is 1.19. The van der Waals surface area contributed by atoms with Gasteiger partial charge in [-0.05, 0) is 29.3 Å². The van der Waals surface area contributed by atoms with Crippen molar-refractivity contribution in [2.24, 2.45) is 0 Å². The van der Waals surface area contributed by atoms with Gasteiger partial charge in [-0.2, -0.15) is 4.31 Å². The van der Waals surface area contributed by atoms with E-state index in [1.807, 2.05) is 30.3 Å². The predicted octanol–water partition coefficient (Wildman–Crippen LogP) is 3.14. The molecule has 2 aromatic carbocycles. The Labute approximate surface area is 154 Å². The van der Waals surface area contributed by atoms with Crippen LogP contribution in [0.25, 0.3) is 6.08 Å². The van der Waals surface area contributed by atoms with Gasteiger partial charge in [-0.3, -0.25) is 0 Å². The minimum atomic E-state index is -3.57. The fourth-order valence-electron chi connectivity index (χ4n) is 2.41. The van der Waals surface area contributed by atoms with Crippen LogP contribution in [-0.4, -0.2) is 41.1 Å². The van der Waals surface area contributed by atoms with Gasteiger partial charge in [0.05, 0.1) is 21.3 Å². The third-order valence-corrected chi connectivity index (χ3v) is 5.27. The zero-order chi connectivity index (χ0) is 19.2. The lowest BCUT2D eigenvalue weighted by atomic mass is 10.2. The van der Waals surface area contributed by atoms with Gasteiger partial charge in [0.1, 0.15) is 0 Å². The van der Waals surface area contributed by atoms with Gasteiger partial charge < -0.3 is 14.2 Å². The average Bonchev–Trinajstić information content (AvgIpc) is 2.66. The summed E-state index contributed by atoms with van der Waals surface area (Å²) in [4.78, 5) is 0. The highest BCUT2D eigenvalue weighted by Crippen LogP contribution is 2.38. The van der Waals surface area contributed by atoms with Gasteiger partial charge >= 0.3 is 0 Å². The molecule has 7 heteroatoms. The zero-order valence-electron chi connectivity index (χ0n) is 15.3. The van der Waals surface area contributed by atoms with E-state index in [1.54, 1.807) is 18.2 Å². The van der Waals surface area contributed by atoms with E-state index in [4.69, 9.17) is 14.2 Å². The number of methoxy groups -OCH3 is 3. The maximum absolute atomic E-state index is 12.5. The lowest BCUT2D eigenvalue weighted by molar-refractivity contribution is 0.323. The highest BCUT2D eigenvalue weighted by molar-refractivity contribution is 7.92. The maximum Gasteiger partial charge on any atom is 0.236 e. The molecule has 26 heavy (non-hydrogen) atoms. The van der Waals surface area contributed by atoms with Crippen LogP contribution in [0.3, 0.4) is 0 Å². The number of sulfonamides is 1. The monoisotopic (exact) mass is 377 g/mol. The van der Waals surface area contributed by atoms with Crippen molar-refractivity contribution in [3.8, 4) is 17.2 Å². The van der Waals surface area contributed by atoms with Crippen molar-refractivity contribution in [1.29, 1.82) is 0 Å². The second-order valence-electron chi connectivity index (χ2n) is 5.55. The topological polar surface area (TPSA) is 65.1 Å². The van der Waals surface area contributed by atoms with Gasteiger partial charge in [0, 0.05) is 19.0 Å². The SMILES string of the molecule is COc1cc(CN(C)S(=O)(=O)C=Cc2ccccc2)cc(OC)c1OC. The molecule has 0 radical (unpaired) electrons. The Morgan fingerprint density at radius 3 is 2.04 bits per heavy atom. The largest absolute Gasteiger partial charge is 0.493 e. The van der Waals surface area contributed by atoms with Crippen molar-refractivity contribution in [2.45, 2.75) is 6.54 Å². The van der Waals surface area contributed by atoms with Crippen LogP contribution in [0, 0.1) is 0 Å². The molecule has 0 aromatic heterocycles. The normalized spacial score (nSPS) is 11.7. The molecule has 0 unspecified atom stereocenters. The lowest BCUT2D eigenvalue weighted by Gasteiger charge is -2.18. The van der Waals surface area contributed by atoms with Crippen LogP contribution in [0.1, 0.15) is 11.1 Å². The van der Waals surface area contributed by atoms with E-state index in [0.29, 0.717) is 17.2 Å². The van der Waals surface area contributed by atoms with E-state index in [1.165, 1.54) is 38.1 Å². The molecule has 0 aliphatic carbocycles. The zero-order valence-corrected chi connectivity index (χ0v) is 16.1. The maximum atomic E-state index is 12.5. The van der Waals surface area contributed by atoms with Gasteiger partial charge in [0.25, 0.3) is 0 Å². The molecule has 0 saturated heterocycles. The number of benzene rings is 2. The molecular formula is C19H23NO5S. The van der Waals surface area contributed by atoms with Crippen LogP contribution >= 0.6 is 0 Å². The third-order valence-electron chi connectivity index (χ3n) is 3.80. The van der Waals surface area contributed by atoms with Crippen molar-refractivity contribution in [3.63, 3.8) is 0 Å². The highest BCUT2D eigenvalue weighted by Gasteiger charge is 2.18. The van der Waals surface area contributed by atoms with E-state index in [0.717, 1.165) is 11.1 Å². The second kappa shape index (κ2) is 8.73. The van der Waals surface area contributed by atoms with Gasteiger partial charge in [-0.1, -0.05) is 30.3 Å². The number of hydrogen-bond donors (Lipinski definition) is 0. The Kier molecular flexibility index (Phi) is 6.65. The molecule has 2 aromatic rings. The summed E-state index contributed by atoms with van der Waals surface area (Å²) in [6.07, 6.45) is 1.57. The molecule has 0 aliphatic heterocycles. The summed E-state index contributed by atoms with van der Waals surface area (Å²) in [7, 11) is 2.50. The van der Waals surface area contributed by atoms with E-state index in [-0.39, 0.29) is 6.54 Å². The number of rotatable bonds is 8. The van der Waals surface area contributed by atoms with Crippen LogP contribution in [0.4, 0.5) is 0 Å². The fourth-order valence-corrected chi connectivity index (χ4v) is 3.27. The van der Waals surface area contributed by atoms with E-state index in [2.05, 4.69) is 0 Å². The molecule has 140 valence electrons. The number of hydrogen-bond acceptors (Lipinski definition) is 5. The Bertz CT molecular complexity index is 838. The van der Waals surface area contributed by atoms with Crippen LogP contribution in [0.15, 0.2) is 47.9 Å². The molecule has 0 saturated carbocycles. The summed E-state index contributed by atoms with van der Waals surface area (Å²) >= 11 is 0. The van der Waals surface area contributed by atoms with Crippen molar-refractivity contribution in [3.05, 3.63) is 59.0 Å². The summed E-state index contributed by atoms with van der Waals surface area (Å²) in [5.41, 5.74) is 1.54. The van der Waals surface area contributed by atoms with Crippen LogP contribution in [-0.2, 0) is 16.6 Å². The summed E-state index contributed by atoms with van der Waals surface area (Å²) < 4.78 is 42.1. The fraction of sp³-hybridized carbons (Fsp3) is 0.263. The number of ether oxygens (including phenoxy) is 3. The molecule has 0 bridgehead atoms. The molecule has 0 amide bonds. The first-order valence-corrected chi connectivity index (χ1v) is 9.40. The van der Waals surface area contributed by atoms with Gasteiger partial charge in [0.2, 0.25) is 15.8 Å². The minimum Gasteiger partial charge on any atom is -0.493 e. The quantitative estimate of drug-likeness (QED) is 0.707. The first-order valence-electron chi connectivity index (χ1n) is 7.89. The van der Waals surface area contributed by atoms with Crippen molar-refractivity contribution >= 4 is 16.1 Å². The molecule has 0 N–H and O–H groups in total. The van der Waals surface area contributed by atoms with Gasteiger partial charge in [0.15, 0.2) is 11.5 Å². The molecule has 0 spiro atoms. The van der Waals surface area contributed by atoms with Gasteiger partial charge in [-0.15, -0.1) is 0 Å². The molecule has 2 rings (SSSR count). The minimum absolute atomic E-state index is 0.165. The second-order valence-corrected chi connectivity index (χ2v) is 7.47. The third kappa shape index (κ3) is 4.77. The van der Waals surface area contributed by atoms with Crippen molar-refractivity contribution in [1.82, 2.24) is 4.31 Å². The molecule has 0 fully saturated rings. The predicted molar refractivity (Wildman–Crippen MR) is 102 cm³/mol. The van der Waals surface area contributed by atoms with Crippen LogP contribution < -0.4 is 14.2 Å². The molecular weight excluding hydrogens is 354 g/mol. The van der Waals surface area contributed by atoms with Crippen LogP contribution in [0.2, 0.25) is 0 Å². The standard InChI is InChI=1S/C19H23NO5S/c1-20(26(21,22)11-10-15-8-6-5-7-9-15)14-16-12-17(23-2)19(25-4)18(13-16)24-3/h5-13H,14H2,1-4H3. The molecule has 0 aliphatic rings. The van der Waals surface area contributed by atoms with Crippen molar-refractivity contribution in [2.75, 3.05) is 28.4 Å². The molecule has 0 atom stereocenters. The smallest absolute Gasteiger partial charge is 0.236 e. The van der Waals surface area contributed by atoms with E-state index < -0.39 is 10.0 Å². The van der Waals surface area contributed by atoms with E-state index >= 15 is 0 Å². The molecule has 6 nitrogen and oxygen atoms in total. The van der Waals surface area contributed by atoms with Gasteiger partial charge in [-0.25, -0.2) is 8.42 Å². The van der Waals surface area contributed by atoms with Crippen molar-refractivity contribution < 1.29 is 22.6 Å². The Hall–Kier alpha value is -2.51. The Morgan fingerprint density at radius 2 is 1.54 bits per heavy atom. The lowest BCUT2D eigenvalue weighted by Crippen LogP contribution is -2.24. The van der Waals surface area contributed by atoms with Crippen LogP contribution in [0.5, 0.6) is 17.2 Å². The first-order chi connectivity index (χ1) is 12.4. The Morgan fingerprint density at radius 1 is 0.962 bits per heavy atom. The summed E-state index contributed by atoms with van der Waals surface area (Å²) in [6, 6.07) is 12.7. The number of nitrogens with zero attached hydrogens (tertiary/aromatic N) is 1. The Balaban J connectivity index is 2.23. The summed E-state index contributed by atoms with van der Waals surface area (Å²) in [6.45, 7) is 0.165. The average molecular weight is 377 g/mol. The highest BCUT2D eigenvalue weighted by atomic mass is 32.2. The molecule has 0 heterocycles.